The van der Waals surface area contributed by atoms with E-state index in [4.69, 9.17) is 15.5 Å². The van der Waals surface area contributed by atoms with Crippen LogP contribution in [-0.2, 0) is 24.1 Å². The Morgan fingerprint density at radius 3 is 2.62 bits per heavy atom. The van der Waals surface area contributed by atoms with E-state index in [1.54, 1.807) is 4.90 Å². The van der Waals surface area contributed by atoms with Crippen molar-refractivity contribution in [3.8, 4) is 0 Å². The first-order valence-electron chi connectivity index (χ1n) is 15.0. The van der Waals surface area contributed by atoms with Crippen LogP contribution in [0, 0.1) is 11.3 Å². The number of aromatic nitrogens is 1. The number of unbranched alkanes of at least 4 members (excludes halogenated alkanes) is 1. The van der Waals surface area contributed by atoms with Gasteiger partial charge in [0, 0.05) is 41.7 Å². The lowest BCUT2D eigenvalue weighted by Crippen LogP contribution is -2.44. The zero-order valence-electron chi connectivity index (χ0n) is 24.2. The van der Waals surface area contributed by atoms with E-state index in [0.29, 0.717) is 44.4 Å². The molecule has 4 heterocycles. The van der Waals surface area contributed by atoms with Crippen molar-refractivity contribution in [1.82, 2.24) is 15.2 Å². The standard InChI is InChI=1S/C30H49N5O4/c1-4-6-7-26-22(5-2)16-24-27(35(26)18-30(3,19-36)20-37)23-10-14-34(17-25(23)33-28(24)31)29(38)39-15-11-21-8-12-32-13-9-21/h21,32,36-37H,4-20H2,1-3H3,(H2,31,33). The van der Waals surface area contributed by atoms with Crippen molar-refractivity contribution in [3.05, 3.63) is 28.1 Å². The summed E-state index contributed by atoms with van der Waals surface area (Å²) in [6.45, 7) is 10.0. The molecule has 0 spiro atoms. The Bertz CT molecular complexity index is 1030. The van der Waals surface area contributed by atoms with Crippen LogP contribution in [0.1, 0.15) is 82.5 Å². The van der Waals surface area contributed by atoms with Crippen molar-refractivity contribution < 1.29 is 19.7 Å². The number of nitrogen functional groups attached to an aromatic ring is 1. The molecule has 3 aliphatic heterocycles. The third-order valence-corrected chi connectivity index (χ3v) is 8.82. The molecule has 1 saturated heterocycles. The molecule has 218 valence electrons. The summed E-state index contributed by atoms with van der Waals surface area (Å²) in [6, 6.07) is 0. The van der Waals surface area contributed by atoms with Crippen LogP contribution in [0.25, 0.3) is 0 Å². The normalized spacial score (nSPS) is 18.3. The van der Waals surface area contributed by atoms with E-state index < -0.39 is 5.41 Å². The van der Waals surface area contributed by atoms with Crippen molar-refractivity contribution >= 4 is 17.6 Å². The van der Waals surface area contributed by atoms with E-state index in [-0.39, 0.29) is 19.3 Å². The number of hydrogen-bond donors (Lipinski definition) is 4. The van der Waals surface area contributed by atoms with Crippen LogP contribution in [0.4, 0.5) is 16.3 Å². The highest BCUT2D eigenvalue weighted by Gasteiger charge is 2.37. The number of nitrogens with zero attached hydrogens (tertiary/aromatic N) is 3. The zero-order chi connectivity index (χ0) is 28.0. The fourth-order valence-corrected chi connectivity index (χ4v) is 6.18. The summed E-state index contributed by atoms with van der Waals surface area (Å²) in [4.78, 5) is 21.8. The quantitative estimate of drug-likeness (QED) is 0.333. The number of amides is 1. The monoisotopic (exact) mass is 543 g/mol. The predicted molar refractivity (Wildman–Crippen MR) is 154 cm³/mol. The van der Waals surface area contributed by atoms with E-state index in [1.165, 1.54) is 11.3 Å². The van der Waals surface area contributed by atoms with Gasteiger partial charge < -0.3 is 35.8 Å². The Kier molecular flexibility index (Phi) is 10.1. The summed E-state index contributed by atoms with van der Waals surface area (Å²) >= 11 is 0. The molecule has 0 saturated carbocycles. The van der Waals surface area contributed by atoms with E-state index in [1.807, 2.05) is 6.92 Å². The number of rotatable bonds is 11. The minimum absolute atomic E-state index is 0.113. The number of fused-ring (bicyclic) bond motifs is 3. The minimum atomic E-state index is -0.672. The number of aliphatic hydroxyl groups is 2. The first kappa shape index (κ1) is 29.6. The molecule has 0 bridgehead atoms. The molecule has 5 N–H and O–H groups in total. The number of hydrogen-bond acceptors (Lipinski definition) is 8. The van der Waals surface area contributed by atoms with Crippen LogP contribution in [-0.4, -0.2) is 72.2 Å². The Morgan fingerprint density at radius 2 is 1.95 bits per heavy atom. The van der Waals surface area contributed by atoms with Gasteiger partial charge in [-0.15, -0.1) is 0 Å². The van der Waals surface area contributed by atoms with Gasteiger partial charge in [0.1, 0.15) is 5.82 Å². The third kappa shape index (κ3) is 6.69. The highest BCUT2D eigenvalue weighted by atomic mass is 16.6. The van der Waals surface area contributed by atoms with Crippen LogP contribution >= 0.6 is 0 Å². The number of nitrogens with one attached hydrogen (secondary N) is 1. The van der Waals surface area contributed by atoms with Gasteiger partial charge in [-0.3, -0.25) is 0 Å². The molecule has 4 rings (SSSR count). The van der Waals surface area contributed by atoms with Gasteiger partial charge in [0.05, 0.1) is 37.7 Å². The molecular weight excluding hydrogens is 494 g/mol. The summed E-state index contributed by atoms with van der Waals surface area (Å²) in [5.74, 6) is 1.12. The molecule has 3 aliphatic rings. The number of nitrogens with two attached hydrogens (primary N) is 1. The van der Waals surface area contributed by atoms with Gasteiger partial charge in [0.2, 0.25) is 0 Å². The van der Waals surface area contributed by atoms with Gasteiger partial charge in [0.15, 0.2) is 0 Å². The Labute approximate surface area is 233 Å². The number of ether oxygens (including phenoxy) is 1. The van der Waals surface area contributed by atoms with E-state index in [0.717, 1.165) is 87.0 Å². The molecule has 1 fully saturated rings. The van der Waals surface area contributed by atoms with E-state index in [9.17, 15) is 15.0 Å². The number of allylic oxidation sites excluding steroid dienone is 2. The fourth-order valence-electron chi connectivity index (χ4n) is 6.18. The van der Waals surface area contributed by atoms with Crippen LogP contribution in [0.15, 0.2) is 11.3 Å². The number of aliphatic hydroxyl groups excluding tert-OH is 2. The second-order valence-electron chi connectivity index (χ2n) is 11.9. The lowest BCUT2D eigenvalue weighted by atomic mass is 9.85. The van der Waals surface area contributed by atoms with Crippen molar-refractivity contribution in [2.45, 2.75) is 85.1 Å². The molecule has 9 heteroatoms. The fraction of sp³-hybridized carbons (Fsp3) is 0.733. The van der Waals surface area contributed by atoms with Crippen molar-refractivity contribution in [2.24, 2.45) is 11.3 Å². The average molecular weight is 544 g/mol. The van der Waals surface area contributed by atoms with Crippen LogP contribution in [0.2, 0.25) is 0 Å². The van der Waals surface area contributed by atoms with Gasteiger partial charge >= 0.3 is 6.09 Å². The summed E-state index contributed by atoms with van der Waals surface area (Å²) in [7, 11) is 0. The van der Waals surface area contributed by atoms with Gasteiger partial charge in [-0.25, -0.2) is 9.78 Å². The molecule has 0 aromatic carbocycles. The Balaban J connectivity index is 1.59. The summed E-state index contributed by atoms with van der Waals surface area (Å²) in [5.41, 5.74) is 12.6. The van der Waals surface area contributed by atoms with Gasteiger partial charge in [-0.2, -0.15) is 0 Å². The smallest absolute Gasteiger partial charge is 0.410 e. The van der Waals surface area contributed by atoms with Crippen molar-refractivity contribution in [2.75, 3.05) is 56.6 Å². The molecular formula is C30H49N5O4. The molecule has 0 radical (unpaired) electrons. The van der Waals surface area contributed by atoms with Crippen LogP contribution < -0.4 is 16.0 Å². The topological polar surface area (TPSA) is 124 Å². The van der Waals surface area contributed by atoms with E-state index in [2.05, 4.69) is 24.1 Å². The van der Waals surface area contributed by atoms with Crippen molar-refractivity contribution in [3.63, 3.8) is 0 Å². The molecule has 1 aromatic heterocycles. The molecule has 1 aromatic rings. The molecule has 39 heavy (non-hydrogen) atoms. The highest BCUT2D eigenvalue weighted by Crippen LogP contribution is 2.44. The maximum absolute atomic E-state index is 13.0. The predicted octanol–water partition coefficient (Wildman–Crippen LogP) is 3.76. The maximum atomic E-state index is 13.0. The zero-order valence-corrected chi connectivity index (χ0v) is 24.2. The number of carbonyl (C=O) groups is 1. The number of anilines is 2. The largest absolute Gasteiger partial charge is 0.449 e. The molecule has 0 atom stereocenters. The molecule has 0 aliphatic carbocycles. The molecule has 1 amide bonds. The molecule has 0 unspecified atom stereocenters. The first-order chi connectivity index (χ1) is 18.8. The summed E-state index contributed by atoms with van der Waals surface area (Å²) in [5, 5.41) is 23.8. The number of pyridine rings is 1. The van der Waals surface area contributed by atoms with Crippen LogP contribution in [0.3, 0.4) is 0 Å². The SMILES string of the molecule is CCCCC1=C(CC)Cc2c(N)nc3c(c2N1CC(C)(CO)CO)CCN(C(=O)OCCC1CCNCC1)C3. The third-order valence-electron chi connectivity index (χ3n) is 8.82. The van der Waals surface area contributed by atoms with Gasteiger partial charge in [0.25, 0.3) is 0 Å². The number of carbonyl (C=O) groups excluding carboxylic acids is 1. The van der Waals surface area contributed by atoms with Crippen LogP contribution in [0.5, 0.6) is 0 Å². The van der Waals surface area contributed by atoms with Gasteiger partial charge in [-0.05, 0) is 69.5 Å². The minimum Gasteiger partial charge on any atom is -0.449 e. The maximum Gasteiger partial charge on any atom is 0.410 e. The number of piperidine rings is 1. The average Bonchev–Trinajstić information content (AvgIpc) is 2.96. The summed E-state index contributed by atoms with van der Waals surface area (Å²) < 4.78 is 5.68. The van der Waals surface area contributed by atoms with Gasteiger partial charge in [-0.1, -0.05) is 27.2 Å². The second-order valence-corrected chi connectivity index (χ2v) is 11.9. The summed E-state index contributed by atoms with van der Waals surface area (Å²) in [6.07, 6.45) is 8.35. The first-order valence-corrected chi connectivity index (χ1v) is 15.0. The Morgan fingerprint density at radius 1 is 1.21 bits per heavy atom. The Hall–Kier alpha value is -2.36. The second kappa shape index (κ2) is 13.3. The van der Waals surface area contributed by atoms with E-state index >= 15 is 0 Å². The lowest BCUT2D eigenvalue weighted by molar-refractivity contribution is 0.0761. The van der Waals surface area contributed by atoms with Crippen molar-refractivity contribution in [1.29, 1.82) is 0 Å². The highest BCUT2D eigenvalue weighted by molar-refractivity contribution is 5.75. The lowest BCUT2D eigenvalue weighted by Gasteiger charge is -2.43. The molecule has 9 nitrogen and oxygen atoms in total.